The molecule has 8 nitrogen and oxygen atoms in total. The molecule has 1 saturated heterocycles. The fourth-order valence-corrected chi connectivity index (χ4v) is 6.19. The number of ether oxygens (including phenoxy) is 1. The van der Waals surface area contributed by atoms with E-state index >= 15 is 0 Å². The van der Waals surface area contributed by atoms with Gasteiger partial charge < -0.3 is 9.72 Å². The van der Waals surface area contributed by atoms with E-state index in [1.807, 2.05) is 29.8 Å². The number of nitrogens with one attached hydrogen (secondary N) is 1. The molecule has 2 aromatic carbocycles. The number of hydrogen-bond acceptors (Lipinski definition) is 6. The first-order valence-electron chi connectivity index (χ1n) is 11.0. The summed E-state index contributed by atoms with van der Waals surface area (Å²) >= 11 is 13.8. The molecule has 12 heteroatoms. The van der Waals surface area contributed by atoms with Gasteiger partial charge in [-0.25, -0.2) is 18.1 Å². The molecule has 36 heavy (non-hydrogen) atoms. The molecule has 1 aliphatic rings. The Morgan fingerprint density at radius 3 is 2.50 bits per heavy atom. The van der Waals surface area contributed by atoms with Crippen molar-refractivity contribution in [2.24, 2.45) is 10.1 Å². The van der Waals surface area contributed by atoms with Crippen molar-refractivity contribution in [2.75, 3.05) is 26.3 Å². The summed E-state index contributed by atoms with van der Waals surface area (Å²) < 4.78 is 34.2. The number of morpholine rings is 1. The van der Waals surface area contributed by atoms with E-state index in [0.29, 0.717) is 46.8 Å². The molecule has 0 bridgehead atoms. The second kappa shape index (κ2) is 10.7. The van der Waals surface area contributed by atoms with Crippen LogP contribution in [0.3, 0.4) is 0 Å². The highest BCUT2D eigenvalue weighted by Gasteiger charge is 2.26. The maximum atomic E-state index is 12.9. The molecule has 1 aliphatic heterocycles. The van der Waals surface area contributed by atoms with Gasteiger partial charge in [0, 0.05) is 30.2 Å². The molecule has 186 valence electrons. The average Bonchev–Trinajstić information content (AvgIpc) is 3.55. The molecule has 2 aromatic heterocycles. The maximum Gasteiger partial charge on any atom is 0.243 e. The van der Waals surface area contributed by atoms with Gasteiger partial charge in [-0.2, -0.15) is 9.41 Å². The minimum atomic E-state index is -3.57. The highest BCUT2D eigenvalue weighted by atomic mass is 35.5. The Balaban J connectivity index is 1.52. The van der Waals surface area contributed by atoms with Crippen molar-refractivity contribution in [1.29, 1.82) is 0 Å². The summed E-state index contributed by atoms with van der Waals surface area (Å²) in [5.74, 6) is 0. The summed E-state index contributed by atoms with van der Waals surface area (Å²) in [6.07, 6.45) is 3.52. The average molecular weight is 563 g/mol. The van der Waals surface area contributed by atoms with E-state index in [-0.39, 0.29) is 4.90 Å². The summed E-state index contributed by atoms with van der Waals surface area (Å²) in [7, 11) is -3.57. The van der Waals surface area contributed by atoms with E-state index in [1.54, 1.807) is 47.3 Å². The zero-order valence-corrected chi connectivity index (χ0v) is 22.0. The van der Waals surface area contributed by atoms with Gasteiger partial charge in [-0.1, -0.05) is 29.3 Å². The summed E-state index contributed by atoms with van der Waals surface area (Å²) in [5, 5.41) is 7.48. The number of aromatic amines is 1. The zero-order chi connectivity index (χ0) is 25.1. The molecule has 0 amide bonds. The van der Waals surface area contributed by atoms with E-state index in [1.165, 1.54) is 15.6 Å². The Labute approximate surface area is 222 Å². The van der Waals surface area contributed by atoms with Gasteiger partial charge in [0.2, 0.25) is 14.8 Å². The molecule has 5 rings (SSSR count). The maximum absolute atomic E-state index is 12.9. The van der Waals surface area contributed by atoms with Crippen LogP contribution in [0, 0.1) is 0 Å². The number of aromatic nitrogens is 2. The number of benzene rings is 2. The molecular weight excluding hydrogens is 541 g/mol. The van der Waals surface area contributed by atoms with Crippen LogP contribution < -0.4 is 4.80 Å². The number of hydrogen-bond donors (Lipinski definition) is 1. The molecule has 0 saturated carbocycles. The molecule has 0 atom stereocenters. The number of nitrogens with zero attached hydrogens (tertiary/aromatic N) is 4. The van der Waals surface area contributed by atoms with Gasteiger partial charge in [-0.05, 0) is 48.5 Å². The lowest BCUT2D eigenvalue weighted by Gasteiger charge is -2.26. The highest BCUT2D eigenvalue weighted by Crippen LogP contribution is 2.29. The fraction of sp³-hybridized carbons (Fsp3) is 0.167. The van der Waals surface area contributed by atoms with Gasteiger partial charge in [0.1, 0.15) is 0 Å². The van der Waals surface area contributed by atoms with E-state index < -0.39 is 10.0 Å². The normalized spacial score (nSPS) is 15.7. The van der Waals surface area contributed by atoms with Crippen LogP contribution in [0.25, 0.3) is 11.3 Å². The Morgan fingerprint density at radius 1 is 1.03 bits per heavy atom. The second-order valence-electron chi connectivity index (χ2n) is 7.84. The van der Waals surface area contributed by atoms with Crippen molar-refractivity contribution in [3.05, 3.63) is 86.7 Å². The van der Waals surface area contributed by atoms with Crippen LogP contribution in [0.4, 0.5) is 5.69 Å². The van der Waals surface area contributed by atoms with Crippen molar-refractivity contribution in [1.82, 2.24) is 14.0 Å². The Morgan fingerprint density at radius 2 is 1.81 bits per heavy atom. The topological polar surface area (TPSA) is 92.0 Å². The summed E-state index contributed by atoms with van der Waals surface area (Å²) in [4.78, 5) is 8.65. The van der Waals surface area contributed by atoms with Gasteiger partial charge in [0.15, 0.2) is 0 Å². The van der Waals surface area contributed by atoms with Crippen molar-refractivity contribution in [2.45, 2.75) is 4.90 Å². The van der Waals surface area contributed by atoms with E-state index in [9.17, 15) is 8.42 Å². The van der Waals surface area contributed by atoms with Gasteiger partial charge in [-0.3, -0.25) is 0 Å². The van der Waals surface area contributed by atoms with Crippen molar-refractivity contribution < 1.29 is 13.2 Å². The standard InChI is InChI=1S/C24H21Cl2N5O3S2/c25-21-8-3-17(14-22(21)26)23-16-35-24(31(23)28-15-19-2-1-9-27-19)29-18-4-6-20(7-5-18)36(32,33)30-10-12-34-13-11-30/h1-9,14-16,27H,10-13H2. The van der Waals surface area contributed by atoms with Crippen LogP contribution in [0.15, 0.2) is 81.2 Å². The molecule has 3 heterocycles. The van der Waals surface area contributed by atoms with Crippen LogP contribution >= 0.6 is 34.5 Å². The molecule has 0 radical (unpaired) electrons. The third-order valence-electron chi connectivity index (χ3n) is 5.50. The van der Waals surface area contributed by atoms with Crippen molar-refractivity contribution in [3.63, 3.8) is 0 Å². The number of sulfonamides is 1. The second-order valence-corrected chi connectivity index (χ2v) is 11.4. The molecular formula is C24H21Cl2N5O3S2. The summed E-state index contributed by atoms with van der Waals surface area (Å²) in [6, 6.07) is 15.7. The number of H-pyrrole nitrogens is 1. The van der Waals surface area contributed by atoms with Crippen LogP contribution in [-0.2, 0) is 14.8 Å². The monoisotopic (exact) mass is 561 g/mol. The number of halogens is 2. The largest absolute Gasteiger partial charge is 0.379 e. The van der Waals surface area contributed by atoms with E-state index in [4.69, 9.17) is 32.9 Å². The van der Waals surface area contributed by atoms with E-state index in [0.717, 1.165) is 17.0 Å². The minimum Gasteiger partial charge on any atom is -0.379 e. The van der Waals surface area contributed by atoms with Crippen LogP contribution in [0.5, 0.6) is 0 Å². The minimum absolute atomic E-state index is 0.226. The first kappa shape index (κ1) is 24.9. The fourth-order valence-electron chi connectivity index (χ4n) is 3.63. The Bertz CT molecular complexity index is 1550. The van der Waals surface area contributed by atoms with Crippen molar-refractivity contribution >= 4 is 56.5 Å². The van der Waals surface area contributed by atoms with Crippen molar-refractivity contribution in [3.8, 4) is 11.3 Å². The number of thiazole rings is 1. The lowest BCUT2D eigenvalue weighted by Crippen LogP contribution is -2.40. The first-order chi connectivity index (χ1) is 17.4. The van der Waals surface area contributed by atoms with Crippen LogP contribution in [0.2, 0.25) is 10.0 Å². The number of rotatable bonds is 6. The third kappa shape index (κ3) is 5.34. The van der Waals surface area contributed by atoms with E-state index in [2.05, 4.69) is 10.1 Å². The smallest absolute Gasteiger partial charge is 0.243 e. The lowest BCUT2D eigenvalue weighted by molar-refractivity contribution is 0.0730. The zero-order valence-electron chi connectivity index (χ0n) is 18.8. The molecule has 0 unspecified atom stereocenters. The van der Waals surface area contributed by atoms with Crippen LogP contribution in [0.1, 0.15) is 5.69 Å². The summed E-state index contributed by atoms with van der Waals surface area (Å²) in [5.41, 5.74) is 3.05. The quantitative estimate of drug-likeness (QED) is 0.336. The predicted molar refractivity (Wildman–Crippen MR) is 143 cm³/mol. The summed E-state index contributed by atoms with van der Waals surface area (Å²) in [6.45, 7) is 1.49. The first-order valence-corrected chi connectivity index (χ1v) is 14.1. The molecule has 1 fully saturated rings. The molecule has 1 N–H and O–H groups in total. The molecule has 4 aromatic rings. The van der Waals surface area contributed by atoms with Crippen LogP contribution in [-0.4, -0.2) is 54.9 Å². The highest BCUT2D eigenvalue weighted by molar-refractivity contribution is 7.89. The van der Waals surface area contributed by atoms with Gasteiger partial charge in [0.25, 0.3) is 0 Å². The molecule has 0 aliphatic carbocycles. The Hall–Kier alpha value is -2.73. The third-order valence-corrected chi connectivity index (χ3v) is 8.97. The molecule has 0 spiro atoms. The lowest BCUT2D eigenvalue weighted by atomic mass is 10.2. The van der Waals surface area contributed by atoms with Gasteiger partial charge >= 0.3 is 0 Å². The van der Waals surface area contributed by atoms with Gasteiger partial charge in [-0.15, -0.1) is 11.3 Å². The SMILES string of the molecule is O=S(=O)(c1ccc(N=c2scc(-c3ccc(Cl)c(Cl)c3)n2N=Cc2ccc[nH]2)cc1)N1CCOCC1. The Kier molecular flexibility index (Phi) is 7.42. The predicted octanol–water partition coefficient (Wildman–Crippen LogP) is 4.99. The van der Waals surface area contributed by atoms with Gasteiger partial charge in [0.05, 0.1) is 51.4 Å².